The van der Waals surface area contributed by atoms with Crippen molar-refractivity contribution in [2.45, 2.75) is 46.0 Å². The average Bonchev–Trinajstić information content (AvgIpc) is 2.28. The second-order valence-electron chi connectivity index (χ2n) is 5.77. The van der Waals surface area contributed by atoms with E-state index in [2.05, 4.69) is 17.6 Å². The molecule has 3 N–H and O–H groups in total. The SMILES string of the molecule is CC(CCC(=O)O)CNC(=O)NCC1(C)CCC1. The van der Waals surface area contributed by atoms with Gasteiger partial charge in [-0.25, -0.2) is 4.79 Å². The van der Waals surface area contributed by atoms with E-state index in [1.807, 2.05) is 6.92 Å². The standard InChI is InChI=1S/C13H24N2O3/c1-10(4-5-11(16)17)8-14-12(18)15-9-13(2)6-3-7-13/h10H,3-9H2,1-2H3,(H,16,17)(H2,14,15,18). The molecule has 1 fully saturated rings. The fraction of sp³-hybridized carbons (Fsp3) is 0.846. The molecule has 0 aromatic rings. The topological polar surface area (TPSA) is 78.4 Å². The number of amides is 2. The predicted octanol–water partition coefficient (Wildman–Crippen LogP) is 1.98. The van der Waals surface area contributed by atoms with Crippen molar-refractivity contribution >= 4 is 12.0 Å². The number of aliphatic carboxylic acids is 1. The molecule has 1 rings (SSSR count). The summed E-state index contributed by atoms with van der Waals surface area (Å²) in [6.07, 6.45) is 4.37. The minimum atomic E-state index is -0.788. The highest BCUT2D eigenvalue weighted by Crippen LogP contribution is 2.39. The molecule has 5 heteroatoms. The zero-order valence-electron chi connectivity index (χ0n) is 11.3. The molecule has 0 spiro atoms. The van der Waals surface area contributed by atoms with Gasteiger partial charge in [-0.1, -0.05) is 20.3 Å². The van der Waals surface area contributed by atoms with E-state index < -0.39 is 5.97 Å². The van der Waals surface area contributed by atoms with Crippen LogP contribution in [0.25, 0.3) is 0 Å². The number of rotatable bonds is 7. The van der Waals surface area contributed by atoms with E-state index in [4.69, 9.17) is 5.11 Å². The van der Waals surface area contributed by atoms with Crippen LogP contribution in [0.4, 0.5) is 4.79 Å². The third-order valence-corrected chi connectivity index (χ3v) is 3.70. The number of nitrogens with one attached hydrogen (secondary N) is 2. The smallest absolute Gasteiger partial charge is 0.314 e. The van der Waals surface area contributed by atoms with Crippen molar-refractivity contribution in [3.05, 3.63) is 0 Å². The Bertz CT molecular complexity index is 301. The highest BCUT2D eigenvalue weighted by atomic mass is 16.4. The molecule has 1 saturated carbocycles. The van der Waals surface area contributed by atoms with Gasteiger partial charge in [0, 0.05) is 19.5 Å². The van der Waals surface area contributed by atoms with Crippen molar-refractivity contribution in [1.82, 2.24) is 10.6 Å². The second-order valence-corrected chi connectivity index (χ2v) is 5.77. The van der Waals surface area contributed by atoms with Gasteiger partial charge in [-0.15, -0.1) is 0 Å². The quantitative estimate of drug-likeness (QED) is 0.651. The number of carbonyl (C=O) groups excluding carboxylic acids is 1. The molecule has 1 unspecified atom stereocenters. The number of carboxylic acid groups (broad SMARTS) is 1. The summed E-state index contributed by atoms with van der Waals surface area (Å²) in [6, 6.07) is -0.148. The van der Waals surface area contributed by atoms with Crippen molar-refractivity contribution in [3.8, 4) is 0 Å². The van der Waals surface area contributed by atoms with E-state index in [9.17, 15) is 9.59 Å². The highest BCUT2D eigenvalue weighted by Gasteiger charge is 2.31. The summed E-state index contributed by atoms with van der Waals surface area (Å²) >= 11 is 0. The van der Waals surface area contributed by atoms with Crippen LogP contribution in [0.3, 0.4) is 0 Å². The number of urea groups is 1. The van der Waals surface area contributed by atoms with Crippen LogP contribution in [-0.4, -0.2) is 30.2 Å². The average molecular weight is 256 g/mol. The van der Waals surface area contributed by atoms with Crippen LogP contribution in [0.2, 0.25) is 0 Å². The summed E-state index contributed by atoms with van der Waals surface area (Å²) in [5.74, 6) is -0.602. The van der Waals surface area contributed by atoms with Crippen LogP contribution in [0, 0.1) is 11.3 Å². The van der Waals surface area contributed by atoms with Gasteiger partial charge < -0.3 is 15.7 Å². The first kappa shape index (κ1) is 14.8. The second kappa shape index (κ2) is 6.61. The Hall–Kier alpha value is -1.26. The lowest BCUT2D eigenvalue weighted by molar-refractivity contribution is -0.137. The lowest BCUT2D eigenvalue weighted by Crippen LogP contribution is -2.45. The molecule has 1 atom stereocenters. The maximum atomic E-state index is 11.5. The number of carbonyl (C=O) groups is 2. The number of hydrogen-bond donors (Lipinski definition) is 3. The minimum Gasteiger partial charge on any atom is -0.481 e. The predicted molar refractivity (Wildman–Crippen MR) is 69.4 cm³/mol. The van der Waals surface area contributed by atoms with Gasteiger partial charge in [0.05, 0.1) is 0 Å². The first-order chi connectivity index (χ1) is 8.41. The molecule has 0 bridgehead atoms. The number of carboxylic acids is 1. The molecule has 0 heterocycles. The summed E-state index contributed by atoms with van der Waals surface area (Å²) in [4.78, 5) is 21.9. The maximum absolute atomic E-state index is 11.5. The largest absolute Gasteiger partial charge is 0.481 e. The van der Waals surface area contributed by atoms with Crippen molar-refractivity contribution in [2.75, 3.05) is 13.1 Å². The summed E-state index contributed by atoms with van der Waals surface area (Å²) in [5, 5.41) is 14.2. The summed E-state index contributed by atoms with van der Waals surface area (Å²) in [7, 11) is 0. The molecule has 2 amide bonds. The third-order valence-electron chi connectivity index (χ3n) is 3.70. The van der Waals surface area contributed by atoms with Crippen LogP contribution < -0.4 is 10.6 Å². The number of hydrogen-bond acceptors (Lipinski definition) is 2. The van der Waals surface area contributed by atoms with Crippen LogP contribution in [-0.2, 0) is 4.79 Å². The molecule has 104 valence electrons. The summed E-state index contributed by atoms with van der Waals surface area (Å²) < 4.78 is 0. The van der Waals surface area contributed by atoms with Gasteiger partial charge in [0.15, 0.2) is 0 Å². The molecule has 0 aliphatic heterocycles. The van der Waals surface area contributed by atoms with Crippen LogP contribution in [0.15, 0.2) is 0 Å². The molecule has 0 radical (unpaired) electrons. The summed E-state index contributed by atoms with van der Waals surface area (Å²) in [6.45, 7) is 5.38. The molecule has 0 saturated heterocycles. The van der Waals surface area contributed by atoms with E-state index in [0.717, 1.165) is 6.54 Å². The van der Waals surface area contributed by atoms with Crippen molar-refractivity contribution < 1.29 is 14.7 Å². The zero-order valence-corrected chi connectivity index (χ0v) is 11.3. The highest BCUT2D eigenvalue weighted by molar-refractivity contribution is 5.73. The van der Waals surface area contributed by atoms with Crippen LogP contribution in [0.5, 0.6) is 0 Å². The van der Waals surface area contributed by atoms with Gasteiger partial charge in [0.1, 0.15) is 0 Å². The fourth-order valence-electron chi connectivity index (χ4n) is 2.05. The Labute approximate surface area is 108 Å². The molecular formula is C13H24N2O3. The molecule has 0 aromatic heterocycles. The zero-order chi connectivity index (χ0) is 13.6. The molecule has 18 heavy (non-hydrogen) atoms. The van der Waals surface area contributed by atoms with Gasteiger partial charge in [0.2, 0.25) is 0 Å². The van der Waals surface area contributed by atoms with Crippen LogP contribution in [0.1, 0.15) is 46.0 Å². The van der Waals surface area contributed by atoms with Gasteiger partial charge >= 0.3 is 12.0 Å². The molecular weight excluding hydrogens is 232 g/mol. The van der Waals surface area contributed by atoms with Crippen LogP contribution >= 0.6 is 0 Å². The Kier molecular flexibility index (Phi) is 5.44. The first-order valence-electron chi connectivity index (χ1n) is 6.65. The van der Waals surface area contributed by atoms with Gasteiger partial charge in [-0.05, 0) is 30.6 Å². The summed E-state index contributed by atoms with van der Waals surface area (Å²) in [5.41, 5.74) is 0.284. The Morgan fingerprint density at radius 2 is 2.00 bits per heavy atom. The van der Waals surface area contributed by atoms with E-state index in [1.54, 1.807) is 0 Å². The molecule has 1 aliphatic rings. The lowest BCUT2D eigenvalue weighted by Gasteiger charge is -2.38. The Morgan fingerprint density at radius 3 is 2.50 bits per heavy atom. The minimum absolute atomic E-state index is 0.148. The maximum Gasteiger partial charge on any atom is 0.314 e. The molecule has 1 aliphatic carbocycles. The fourth-order valence-corrected chi connectivity index (χ4v) is 2.05. The van der Waals surface area contributed by atoms with Gasteiger partial charge in [0.25, 0.3) is 0 Å². The van der Waals surface area contributed by atoms with E-state index >= 15 is 0 Å². The lowest BCUT2D eigenvalue weighted by atomic mass is 9.70. The van der Waals surface area contributed by atoms with Gasteiger partial charge in [-0.3, -0.25) is 4.79 Å². The van der Waals surface area contributed by atoms with E-state index in [-0.39, 0.29) is 23.8 Å². The Morgan fingerprint density at radius 1 is 1.33 bits per heavy atom. The molecule has 5 nitrogen and oxygen atoms in total. The van der Waals surface area contributed by atoms with E-state index in [1.165, 1.54) is 19.3 Å². The van der Waals surface area contributed by atoms with Crippen molar-refractivity contribution in [1.29, 1.82) is 0 Å². The monoisotopic (exact) mass is 256 g/mol. The molecule has 0 aromatic carbocycles. The van der Waals surface area contributed by atoms with E-state index in [0.29, 0.717) is 13.0 Å². The Balaban J connectivity index is 2.07. The van der Waals surface area contributed by atoms with Gasteiger partial charge in [-0.2, -0.15) is 0 Å². The van der Waals surface area contributed by atoms with Crippen molar-refractivity contribution in [3.63, 3.8) is 0 Å². The normalized spacial score (nSPS) is 18.6. The first-order valence-corrected chi connectivity index (χ1v) is 6.65. The third kappa shape index (κ3) is 5.38. The van der Waals surface area contributed by atoms with Crippen molar-refractivity contribution in [2.24, 2.45) is 11.3 Å².